The first-order valence-corrected chi connectivity index (χ1v) is 7.01. The van der Waals surface area contributed by atoms with Crippen LogP contribution in [0, 0.1) is 13.8 Å². The average molecular weight is 257 g/mol. The topological polar surface area (TPSA) is 25.2 Å². The molecule has 0 spiro atoms. The molecule has 2 aromatic rings. The van der Waals surface area contributed by atoms with Gasteiger partial charge in [-0.15, -0.1) is 0 Å². The van der Waals surface area contributed by atoms with E-state index in [1.165, 1.54) is 22.3 Å². The van der Waals surface area contributed by atoms with Crippen LogP contribution in [0.25, 0.3) is 0 Å². The maximum atomic E-state index is 5.22. The molecule has 0 bridgehead atoms. The zero-order valence-electron chi connectivity index (χ0n) is 12.1. The number of hydrogen-bond donors (Lipinski definition) is 1. The lowest BCUT2D eigenvalue weighted by atomic mass is 9.98. The van der Waals surface area contributed by atoms with Crippen molar-refractivity contribution in [3.05, 3.63) is 59.0 Å². The standard InChI is InChI=1S/C17H23NO/c1-4-6-18-17(16-5-7-19-12-16)11-15-9-13(2)8-14(3)10-15/h5,7-10,12,17-18H,4,6,11H2,1-3H3. The molecule has 19 heavy (non-hydrogen) atoms. The van der Waals surface area contributed by atoms with E-state index < -0.39 is 0 Å². The molecule has 0 fully saturated rings. The summed E-state index contributed by atoms with van der Waals surface area (Å²) in [6, 6.07) is 9.15. The van der Waals surface area contributed by atoms with Gasteiger partial charge in [-0.1, -0.05) is 36.2 Å². The Labute approximate surface area is 115 Å². The molecule has 0 aliphatic rings. The second-order valence-corrected chi connectivity index (χ2v) is 5.26. The molecule has 1 N–H and O–H groups in total. The first-order valence-electron chi connectivity index (χ1n) is 7.01. The van der Waals surface area contributed by atoms with Crippen LogP contribution < -0.4 is 5.32 Å². The largest absolute Gasteiger partial charge is 0.472 e. The molecule has 0 saturated heterocycles. The Balaban J connectivity index is 2.15. The van der Waals surface area contributed by atoms with Crippen molar-refractivity contribution in [1.82, 2.24) is 5.32 Å². The molecule has 0 saturated carbocycles. The second-order valence-electron chi connectivity index (χ2n) is 5.26. The van der Waals surface area contributed by atoms with Gasteiger partial charge in [0.05, 0.1) is 12.5 Å². The van der Waals surface area contributed by atoms with Gasteiger partial charge in [0.25, 0.3) is 0 Å². The number of furan rings is 1. The van der Waals surface area contributed by atoms with Crippen LogP contribution in [0.15, 0.2) is 41.2 Å². The molecule has 102 valence electrons. The molecule has 1 aromatic carbocycles. The van der Waals surface area contributed by atoms with E-state index in [2.05, 4.69) is 50.4 Å². The van der Waals surface area contributed by atoms with Crippen LogP contribution in [0.2, 0.25) is 0 Å². The SMILES string of the molecule is CCCNC(Cc1cc(C)cc(C)c1)c1ccoc1. The monoisotopic (exact) mass is 257 g/mol. The molecule has 2 nitrogen and oxygen atoms in total. The fraction of sp³-hybridized carbons (Fsp3) is 0.412. The smallest absolute Gasteiger partial charge is 0.0950 e. The Morgan fingerprint density at radius 1 is 1.16 bits per heavy atom. The molecular weight excluding hydrogens is 234 g/mol. The summed E-state index contributed by atoms with van der Waals surface area (Å²) in [5.74, 6) is 0. The van der Waals surface area contributed by atoms with Crippen LogP contribution in [0.5, 0.6) is 0 Å². The molecule has 1 heterocycles. The van der Waals surface area contributed by atoms with Crippen molar-refractivity contribution in [1.29, 1.82) is 0 Å². The Morgan fingerprint density at radius 3 is 2.47 bits per heavy atom. The normalized spacial score (nSPS) is 12.6. The van der Waals surface area contributed by atoms with Crippen molar-refractivity contribution in [3.63, 3.8) is 0 Å². The Morgan fingerprint density at radius 2 is 1.89 bits per heavy atom. The van der Waals surface area contributed by atoms with Crippen LogP contribution >= 0.6 is 0 Å². The molecule has 1 unspecified atom stereocenters. The third kappa shape index (κ3) is 3.97. The minimum Gasteiger partial charge on any atom is -0.472 e. The summed E-state index contributed by atoms with van der Waals surface area (Å²) in [5.41, 5.74) is 5.27. The lowest BCUT2D eigenvalue weighted by Crippen LogP contribution is -2.23. The minimum atomic E-state index is 0.333. The van der Waals surface area contributed by atoms with Gasteiger partial charge in [-0.2, -0.15) is 0 Å². The first-order chi connectivity index (χ1) is 9.19. The highest BCUT2D eigenvalue weighted by Gasteiger charge is 2.13. The highest BCUT2D eigenvalue weighted by molar-refractivity contribution is 5.30. The molecule has 2 rings (SSSR count). The quantitative estimate of drug-likeness (QED) is 0.839. The van der Waals surface area contributed by atoms with Gasteiger partial charge in [0.2, 0.25) is 0 Å². The van der Waals surface area contributed by atoms with Crippen molar-refractivity contribution in [2.24, 2.45) is 0 Å². The fourth-order valence-corrected chi connectivity index (χ4v) is 2.52. The van der Waals surface area contributed by atoms with Crippen molar-refractivity contribution >= 4 is 0 Å². The molecule has 0 aliphatic heterocycles. The number of benzene rings is 1. The Kier molecular flexibility index (Phi) is 4.80. The zero-order valence-corrected chi connectivity index (χ0v) is 12.1. The number of aryl methyl sites for hydroxylation is 2. The van der Waals surface area contributed by atoms with Crippen molar-refractivity contribution in [2.75, 3.05) is 6.54 Å². The lowest BCUT2D eigenvalue weighted by molar-refractivity contribution is 0.512. The summed E-state index contributed by atoms with van der Waals surface area (Å²) in [5, 5.41) is 3.60. The maximum absolute atomic E-state index is 5.22. The van der Waals surface area contributed by atoms with Crippen LogP contribution in [0.3, 0.4) is 0 Å². The average Bonchev–Trinajstić information content (AvgIpc) is 2.87. The second kappa shape index (κ2) is 6.58. The van der Waals surface area contributed by atoms with Gasteiger partial charge in [-0.3, -0.25) is 0 Å². The summed E-state index contributed by atoms with van der Waals surface area (Å²) in [4.78, 5) is 0. The molecule has 2 heteroatoms. The third-order valence-corrected chi connectivity index (χ3v) is 3.31. The van der Waals surface area contributed by atoms with Gasteiger partial charge < -0.3 is 9.73 Å². The van der Waals surface area contributed by atoms with Gasteiger partial charge in [0, 0.05) is 11.6 Å². The van der Waals surface area contributed by atoms with Crippen LogP contribution in [-0.2, 0) is 6.42 Å². The lowest BCUT2D eigenvalue weighted by Gasteiger charge is -2.18. The predicted molar refractivity (Wildman–Crippen MR) is 79.4 cm³/mol. The van der Waals surface area contributed by atoms with Gasteiger partial charge >= 0.3 is 0 Å². The van der Waals surface area contributed by atoms with E-state index >= 15 is 0 Å². The van der Waals surface area contributed by atoms with Gasteiger partial charge in [0.1, 0.15) is 0 Å². The zero-order chi connectivity index (χ0) is 13.7. The molecule has 1 atom stereocenters. The highest BCUT2D eigenvalue weighted by atomic mass is 16.3. The molecule has 1 aromatic heterocycles. The Bertz CT molecular complexity index is 482. The summed E-state index contributed by atoms with van der Waals surface area (Å²) in [7, 11) is 0. The van der Waals surface area contributed by atoms with Crippen molar-refractivity contribution < 1.29 is 4.42 Å². The fourth-order valence-electron chi connectivity index (χ4n) is 2.52. The van der Waals surface area contributed by atoms with Crippen molar-refractivity contribution in [2.45, 2.75) is 39.7 Å². The highest BCUT2D eigenvalue weighted by Crippen LogP contribution is 2.20. The van der Waals surface area contributed by atoms with Crippen molar-refractivity contribution in [3.8, 4) is 0 Å². The van der Waals surface area contributed by atoms with Gasteiger partial charge in [-0.25, -0.2) is 0 Å². The number of hydrogen-bond acceptors (Lipinski definition) is 2. The van der Waals surface area contributed by atoms with Gasteiger partial charge in [0.15, 0.2) is 0 Å². The van der Waals surface area contributed by atoms with Crippen LogP contribution in [0.1, 0.15) is 41.6 Å². The number of rotatable bonds is 6. The van der Waals surface area contributed by atoms with Gasteiger partial charge in [-0.05, 0) is 44.9 Å². The van der Waals surface area contributed by atoms with E-state index in [-0.39, 0.29) is 0 Å². The van der Waals surface area contributed by atoms with E-state index in [1.54, 1.807) is 6.26 Å². The maximum Gasteiger partial charge on any atom is 0.0950 e. The van der Waals surface area contributed by atoms with E-state index in [1.807, 2.05) is 6.26 Å². The van der Waals surface area contributed by atoms with Crippen LogP contribution in [0.4, 0.5) is 0 Å². The summed E-state index contributed by atoms with van der Waals surface area (Å²) in [6.45, 7) is 7.53. The molecule has 0 amide bonds. The third-order valence-electron chi connectivity index (χ3n) is 3.31. The molecule has 0 radical (unpaired) electrons. The van der Waals surface area contributed by atoms with Crippen LogP contribution in [-0.4, -0.2) is 6.54 Å². The van der Waals surface area contributed by atoms with E-state index in [4.69, 9.17) is 4.42 Å². The van der Waals surface area contributed by atoms with E-state index in [0.717, 1.165) is 19.4 Å². The number of nitrogens with one attached hydrogen (secondary N) is 1. The summed E-state index contributed by atoms with van der Waals surface area (Å²) in [6.07, 6.45) is 5.73. The first kappa shape index (κ1) is 13.9. The summed E-state index contributed by atoms with van der Waals surface area (Å²) >= 11 is 0. The Hall–Kier alpha value is -1.54. The summed E-state index contributed by atoms with van der Waals surface area (Å²) < 4.78 is 5.22. The molecule has 0 aliphatic carbocycles. The predicted octanol–water partition coefficient (Wildman–Crippen LogP) is 4.18. The van der Waals surface area contributed by atoms with E-state index in [0.29, 0.717) is 6.04 Å². The molecular formula is C17H23NO. The minimum absolute atomic E-state index is 0.333. The van der Waals surface area contributed by atoms with E-state index in [9.17, 15) is 0 Å².